The summed E-state index contributed by atoms with van der Waals surface area (Å²) in [5, 5.41) is 8.72. The van der Waals surface area contributed by atoms with E-state index < -0.39 is 0 Å². The first kappa shape index (κ1) is 16.1. The molecular weight excluding hydrogens is 312 g/mol. The van der Waals surface area contributed by atoms with Crippen LogP contribution in [0.25, 0.3) is 11.0 Å². The summed E-state index contributed by atoms with van der Waals surface area (Å²) >= 11 is 0. The molecule has 0 atom stereocenters. The minimum absolute atomic E-state index is 0.568. The van der Waals surface area contributed by atoms with Crippen LogP contribution in [0.1, 0.15) is 5.56 Å². The minimum atomic E-state index is 0.568. The smallest absolute Gasteiger partial charge is 0.203 e. The fourth-order valence-corrected chi connectivity index (χ4v) is 3.51. The molecule has 0 amide bonds. The van der Waals surface area contributed by atoms with Crippen molar-refractivity contribution >= 4 is 11.0 Å². The summed E-state index contributed by atoms with van der Waals surface area (Å²) in [7, 11) is 0. The van der Waals surface area contributed by atoms with E-state index in [1.54, 1.807) is 0 Å². The van der Waals surface area contributed by atoms with Crippen LogP contribution in [0.2, 0.25) is 0 Å². The summed E-state index contributed by atoms with van der Waals surface area (Å²) in [5.41, 5.74) is 4.05. The molecule has 0 bridgehead atoms. The molecule has 130 valence electrons. The third-order valence-corrected chi connectivity index (χ3v) is 4.90. The second kappa shape index (κ2) is 7.25. The van der Waals surface area contributed by atoms with Gasteiger partial charge in [-0.3, -0.25) is 10.3 Å². The molecule has 4 rings (SSSR count). The van der Waals surface area contributed by atoms with Crippen molar-refractivity contribution in [2.45, 2.75) is 13.1 Å². The maximum absolute atomic E-state index is 8.72. The average molecular weight is 336 g/mol. The maximum Gasteiger partial charge on any atom is 0.203 e. The fourth-order valence-electron chi connectivity index (χ4n) is 3.51. The van der Waals surface area contributed by atoms with Crippen molar-refractivity contribution in [1.29, 1.82) is 5.41 Å². The molecule has 1 aliphatic heterocycles. The molecule has 3 aromatic rings. The van der Waals surface area contributed by atoms with E-state index in [1.165, 1.54) is 5.56 Å². The number of hydrogen-bond acceptors (Lipinski definition) is 3. The number of morpholine rings is 1. The number of aromatic nitrogens is 2. The van der Waals surface area contributed by atoms with E-state index in [1.807, 2.05) is 6.07 Å². The number of nitrogens with zero attached hydrogens (tertiary/aromatic N) is 3. The van der Waals surface area contributed by atoms with Crippen molar-refractivity contribution in [3.05, 3.63) is 65.8 Å². The highest BCUT2D eigenvalue weighted by Gasteiger charge is 2.14. The minimum Gasteiger partial charge on any atom is -0.379 e. The molecule has 1 aromatic heterocycles. The van der Waals surface area contributed by atoms with Gasteiger partial charge < -0.3 is 13.9 Å². The van der Waals surface area contributed by atoms with Gasteiger partial charge in [0.1, 0.15) is 0 Å². The molecule has 1 aliphatic rings. The van der Waals surface area contributed by atoms with E-state index in [2.05, 4.69) is 62.6 Å². The van der Waals surface area contributed by atoms with Crippen LogP contribution in [-0.2, 0) is 17.8 Å². The van der Waals surface area contributed by atoms with E-state index in [4.69, 9.17) is 10.1 Å². The van der Waals surface area contributed by atoms with Crippen LogP contribution in [0, 0.1) is 5.41 Å². The summed E-state index contributed by atoms with van der Waals surface area (Å²) in [6.07, 6.45) is 0. The topological polar surface area (TPSA) is 46.2 Å². The van der Waals surface area contributed by atoms with Gasteiger partial charge in [0, 0.05) is 26.2 Å². The highest BCUT2D eigenvalue weighted by Crippen LogP contribution is 2.14. The quantitative estimate of drug-likeness (QED) is 0.777. The molecule has 0 radical (unpaired) electrons. The van der Waals surface area contributed by atoms with E-state index >= 15 is 0 Å². The highest BCUT2D eigenvalue weighted by atomic mass is 16.5. The first-order chi connectivity index (χ1) is 12.3. The number of benzene rings is 2. The van der Waals surface area contributed by atoms with Gasteiger partial charge in [0.25, 0.3) is 0 Å². The lowest BCUT2D eigenvalue weighted by molar-refractivity contribution is 0.0363. The number of ether oxygens (including phenoxy) is 1. The summed E-state index contributed by atoms with van der Waals surface area (Å²) in [6, 6.07) is 18.7. The Labute approximate surface area is 147 Å². The Morgan fingerprint density at radius 2 is 1.44 bits per heavy atom. The second-order valence-electron chi connectivity index (χ2n) is 6.49. The van der Waals surface area contributed by atoms with Crippen LogP contribution in [0.3, 0.4) is 0 Å². The summed E-state index contributed by atoms with van der Waals surface area (Å²) in [4.78, 5) is 2.42. The molecule has 1 saturated heterocycles. The molecule has 0 saturated carbocycles. The second-order valence-corrected chi connectivity index (χ2v) is 6.49. The third kappa shape index (κ3) is 3.38. The lowest BCUT2D eigenvalue weighted by atomic mass is 10.2. The molecule has 25 heavy (non-hydrogen) atoms. The Morgan fingerprint density at radius 1 is 0.800 bits per heavy atom. The van der Waals surface area contributed by atoms with Crippen LogP contribution in [0.4, 0.5) is 0 Å². The zero-order valence-electron chi connectivity index (χ0n) is 14.4. The first-order valence-electron chi connectivity index (χ1n) is 8.89. The highest BCUT2D eigenvalue weighted by molar-refractivity contribution is 5.76. The number of para-hydroxylation sites is 2. The fraction of sp³-hybridized carbons (Fsp3) is 0.350. The van der Waals surface area contributed by atoms with Crippen LogP contribution in [0.5, 0.6) is 0 Å². The van der Waals surface area contributed by atoms with Gasteiger partial charge in [0.15, 0.2) is 0 Å². The molecule has 1 fully saturated rings. The van der Waals surface area contributed by atoms with Crippen LogP contribution in [0.15, 0.2) is 54.6 Å². The van der Waals surface area contributed by atoms with Crippen molar-refractivity contribution in [3.63, 3.8) is 0 Å². The number of rotatable bonds is 5. The van der Waals surface area contributed by atoms with Crippen molar-refractivity contribution in [1.82, 2.24) is 14.0 Å². The SMILES string of the molecule is N=c1n(CCN2CCOCC2)c2ccccc2n1Cc1ccccc1. The lowest BCUT2D eigenvalue weighted by Gasteiger charge is -2.26. The van der Waals surface area contributed by atoms with Gasteiger partial charge in [-0.15, -0.1) is 0 Å². The van der Waals surface area contributed by atoms with E-state index in [9.17, 15) is 0 Å². The molecule has 0 unspecified atom stereocenters. The summed E-state index contributed by atoms with van der Waals surface area (Å²) in [6.45, 7) is 6.11. The Kier molecular flexibility index (Phi) is 4.68. The molecule has 2 heterocycles. The van der Waals surface area contributed by atoms with Gasteiger partial charge in [-0.25, -0.2) is 0 Å². The Morgan fingerprint density at radius 3 is 2.16 bits per heavy atom. The van der Waals surface area contributed by atoms with Crippen LogP contribution in [-0.4, -0.2) is 46.9 Å². The van der Waals surface area contributed by atoms with E-state index in [0.717, 1.165) is 57.0 Å². The summed E-state index contributed by atoms with van der Waals surface area (Å²) in [5.74, 6) is 0. The Bertz CT molecular complexity index is 891. The van der Waals surface area contributed by atoms with Crippen molar-refractivity contribution in [2.75, 3.05) is 32.8 Å². The van der Waals surface area contributed by atoms with Crippen LogP contribution < -0.4 is 5.62 Å². The van der Waals surface area contributed by atoms with Gasteiger partial charge in [0.05, 0.1) is 30.8 Å². The normalized spacial score (nSPS) is 15.7. The first-order valence-corrected chi connectivity index (χ1v) is 8.89. The van der Waals surface area contributed by atoms with Crippen LogP contribution >= 0.6 is 0 Å². The predicted molar refractivity (Wildman–Crippen MR) is 98.6 cm³/mol. The molecule has 1 N–H and O–H groups in total. The van der Waals surface area contributed by atoms with Crippen molar-refractivity contribution in [3.8, 4) is 0 Å². The van der Waals surface area contributed by atoms with Gasteiger partial charge in [0.2, 0.25) is 5.62 Å². The van der Waals surface area contributed by atoms with Gasteiger partial charge >= 0.3 is 0 Å². The number of imidazole rings is 1. The average Bonchev–Trinajstić information content (AvgIpc) is 2.93. The molecule has 5 heteroatoms. The largest absolute Gasteiger partial charge is 0.379 e. The standard InChI is InChI=1S/C20H24N4O/c21-20-23(11-10-22-12-14-25-15-13-22)18-8-4-5-9-19(18)24(20)16-17-6-2-1-3-7-17/h1-9,21H,10-16H2. The molecular formula is C20H24N4O. The molecule has 5 nitrogen and oxygen atoms in total. The Balaban J connectivity index is 1.65. The Hall–Kier alpha value is -2.37. The maximum atomic E-state index is 8.72. The molecule has 0 spiro atoms. The monoisotopic (exact) mass is 336 g/mol. The molecule has 2 aromatic carbocycles. The van der Waals surface area contributed by atoms with Crippen molar-refractivity contribution < 1.29 is 4.74 Å². The zero-order chi connectivity index (χ0) is 17.1. The van der Waals surface area contributed by atoms with E-state index in [0.29, 0.717) is 5.62 Å². The number of hydrogen-bond donors (Lipinski definition) is 1. The third-order valence-electron chi connectivity index (χ3n) is 4.90. The number of nitrogens with one attached hydrogen (secondary N) is 1. The lowest BCUT2D eigenvalue weighted by Crippen LogP contribution is -2.39. The predicted octanol–water partition coefficient (Wildman–Crippen LogP) is 2.30. The van der Waals surface area contributed by atoms with Gasteiger partial charge in [-0.05, 0) is 17.7 Å². The summed E-state index contributed by atoms with van der Waals surface area (Å²) < 4.78 is 9.66. The van der Waals surface area contributed by atoms with Gasteiger partial charge in [-0.1, -0.05) is 42.5 Å². The van der Waals surface area contributed by atoms with E-state index in [-0.39, 0.29) is 0 Å². The number of fused-ring (bicyclic) bond motifs is 1. The zero-order valence-corrected chi connectivity index (χ0v) is 14.4. The van der Waals surface area contributed by atoms with Crippen molar-refractivity contribution in [2.24, 2.45) is 0 Å². The van der Waals surface area contributed by atoms with Gasteiger partial charge in [-0.2, -0.15) is 0 Å². The molecule has 0 aliphatic carbocycles.